The van der Waals surface area contributed by atoms with Gasteiger partial charge in [0.15, 0.2) is 0 Å². The second kappa shape index (κ2) is 5.38. The van der Waals surface area contributed by atoms with Crippen molar-refractivity contribution in [2.75, 3.05) is 6.54 Å². The molecule has 2 N–H and O–H groups in total. The Balaban J connectivity index is 1.64. The third kappa shape index (κ3) is 3.98. The highest BCUT2D eigenvalue weighted by Crippen LogP contribution is 2.36. The van der Waals surface area contributed by atoms with E-state index in [0.29, 0.717) is 24.0 Å². The van der Waals surface area contributed by atoms with Gasteiger partial charge in [-0.25, -0.2) is 0 Å². The van der Waals surface area contributed by atoms with Gasteiger partial charge in [0.25, 0.3) is 0 Å². The minimum Gasteiger partial charge on any atom is -0.352 e. The van der Waals surface area contributed by atoms with E-state index in [1.54, 1.807) is 0 Å². The number of carbonyl (C=O) groups is 1. The predicted octanol–water partition coefficient (Wildman–Crippen LogP) is 2.21. The first-order valence-corrected chi connectivity index (χ1v) is 7.08. The molecule has 2 rings (SSSR count). The normalized spacial score (nSPS) is 28.5. The molecule has 0 radical (unpaired) electrons. The number of carbonyl (C=O) groups excluding carboxylic acids is 1. The summed E-state index contributed by atoms with van der Waals surface area (Å²) in [6, 6.07) is 0.989. The standard InChI is InChI=1S/C14H26N2O/c1-14(2)8-7-12(9-14)16-13(17)10-15-11-5-3-4-6-11/h11-12,15H,3-10H2,1-2H3,(H,16,17). The van der Waals surface area contributed by atoms with Gasteiger partial charge in [-0.2, -0.15) is 0 Å². The summed E-state index contributed by atoms with van der Waals surface area (Å²) in [5.74, 6) is 0.180. The molecule has 0 bridgehead atoms. The van der Waals surface area contributed by atoms with E-state index in [1.807, 2.05) is 0 Å². The summed E-state index contributed by atoms with van der Waals surface area (Å²) in [5.41, 5.74) is 0.414. The Morgan fingerprint density at radius 3 is 2.47 bits per heavy atom. The maximum Gasteiger partial charge on any atom is 0.234 e. The van der Waals surface area contributed by atoms with Crippen LogP contribution in [0, 0.1) is 5.41 Å². The van der Waals surface area contributed by atoms with Gasteiger partial charge in [0.1, 0.15) is 0 Å². The highest BCUT2D eigenvalue weighted by Gasteiger charge is 2.31. The molecular formula is C14H26N2O. The van der Waals surface area contributed by atoms with Crippen molar-refractivity contribution in [3.8, 4) is 0 Å². The van der Waals surface area contributed by atoms with Gasteiger partial charge in [0.05, 0.1) is 6.54 Å². The van der Waals surface area contributed by atoms with Crippen LogP contribution in [0.5, 0.6) is 0 Å². The highest BCUT2D eigenvalue weighted by atomic mass is 16.2. The molecule has 1 atom stereocenters. The Morgan fingerprint density at radius 1 is 1.18 bits per heavy atom. The molecule has 0 aliphatic heterocycles. The van der Waals surface area contributed by atoms with Crippen molar-refractivity contribution < 1.29 is 4.79 Å². The Hall–Kier alpha value is -0.570. The van der Waals surface area contributed by atoms with Crippen molar-refractivity contribution in [1.82, 2.24) is 10.6 Å². The first-order valence-electron chi connectivity index (χ1n) is 7.08. The lowest BCUT2D eigenvalue weighted by atomic mass is 9.92. The average Bonchev–Trinajstić information content (AvgIpc) is 2.85. The lowest BCUT2D eigenvalue weighted by molar-refractivity contribution is -0.121. The van der Waals surface area contributed by atoms with Crippen molar-refractivity contribution in [3.05, 3.63) is 0 Å². The van der Waals surface area contributed by atoms with Crippen LogP contribution >= 0.6 is 0 Å². The molecule has 3 heteroatoms. The number of nitrogens with one attached hydrogen (secondary N) is 2. The average molecular weight is 238 g/mol. The number of hydrogen-bond donors (Lipinski definition) is 2. The van der Waals surface area contributed by atoms with Gasteiger partial charge in [-0.1, -0.05) is 26.7 Å². The smallest absolute Gasteiger partial charge is 0.234 e. The van der Waals surface area contributed by atoms with Crippen LogP contribution < -0.4 is 10.6 Å². The first-order chi connectivity index (χ1) is 8.05. The Labute approximate surface area is 105 Å². The van der Waals surface area contributed by atoms with Crippen LogP contribution in [0.3, 0.4) is 0 Å². The van der Waals surface area contributed by atoms with E-state index in [-0.39, 0.29) is 5.91 Å². The Bertz CT molecular complexity index is 269. The van der Waals surface area contributed by atoms with Crippen LogP contribution in [-0.4, -0.2) is 24.5 Å². The van der Waals surface area contributed by atoms with Gasteiger partial charge in [0.2, 0.25) is 5.91 Å². The molecule has 2 saturated carbocycles. The molecule has 2 aliphatic rings. The van der Waals surface area contributed by atoms with E-state index >= 15 is 0 Å². The van der Waals surface area contributed by atoms with Crippen molar-refractivity contribution in [1.29, 1.82) is 0 Å². The summed E-state index contributed by atoms with van der Waals surface area (Å²) < 4.78 is 0. The van der Waals surface area contributed by atoms with Crippen LogP contribution in [0.25, 0.3) is 0 Å². The quantitative estimate of drug-likeness (QED) is 0.788. The van der Waals surface area contributed by atoms with Crippen molar-refractivity contribution in [2.24, 2.45) is 5.41 Å². The molecule has 1 unspecified atom stereocenters. The minimum atomic E-state index is 0.180. The second-order valence-corrected chi connectivity index (χ2v) is 6.53. The van der Waals surface area contributed by atoms with Crippen LogP contribution in [0.15, 0.2) is 0 Å². The molecule has 3 nitrogen and oxygen atoms in total. The van der Waals surface area contributed by atoms with Gasteiger partial charge < -0.3 is 10.6 Å². The monoisotopic (exact) mass is 238 g/mol. The van der Waals surface area contributed by atoms with E-state index < -0.39 is 0 Å². The summed E-state index contributed by atoms with van der Waals surface area (Å²) in [6.45, 7) is 5.08. The molecule has 1 amide bonds. The van der Waals surface area contributed by atoms with Crippen LogP contribution in [0.2, 0.25) is 0 Å². The largest absolute Gasteiger partial charge is 0.352 e. The topological polar surface area (TPSA) is 41.1 Å². The molecule has 0 saturated heterocycles. The molecule has 98 valence electrons. The van der Waals surface area contributed by atoms with Crippen molar-refractivity contribution in [3.63, 3.8) is 0 Å². The lowest BCUT2D eigenvalue weighted by Crippen LogP contribution is -2.42. The maximum atomic E-state index is 11.8. The summed E-state index contributed by atoms with van der Waals surface area (Å²) in [5, 5.41) is 6.52. The zero-order valence-corrected chi connectivity index (χ0v) is 11.2. The third-order valence-corrected chi connectivity index (χ3v) is 4.24. The molecule has 0 aromatic rings. The molecule has 0 spiro atoms. The predicted molar refractivity (Wildman–Crippen MR) is 69.8 cm³/mol. The minimum absolute atomic E-state index is 0.180. The fourth-order valence-electron chi connectivity index (χ4n) is 3.20. The number of rotatable bonds is 4. The highest BCUT2D eigenvalue weighted by molar-refractivity contribution is 5.78. The summed E-state index contributed by atoms with van der Waals surface area (Å²) in [7, 11) is 0. The molecule has 17 heavy (non-hydrogen) atoms. The fraction of sp³-hybridized carbons (Fsp3) is 0.929. The lowest BCUT2D eigenvalue weighted by Gasteiger charge is -2.18. The Morgan fingerprint density at radius 2 is 1.88 bits per heavy atom. The maximum absolute atomic E-state index is 11.8. The fourth-order valence-corrected chi connectivity index (χ4v) is 3.20. The SMILES string of the molecule is CC1(C)CCC(NC(=O)CNC2CCCC2)C1. The summed E-state index contributed by atoms with van der Waals surface area (Å²) >= 11 is 0. The second-order valence-electron chi connectivity index (χ2n) is 6.53. The van der Waals surface area contributed by atoms with E-state index in [4.69, 9.17) is 0 Å². The van der Waals surface area contributed by atoms with Crippen LogP contribution in [0.4, 0.5) is 0 Å². The molecule has 2 fully saturated rings. The molecule has 0 aromatic carbocycles. The van der Waals surface area contributed by atoms with Gasteiger partial charge >= 0.3 is 0 Å². The molecular weight excluding hydrogens is 212 g/mol. The number of amides is 1. The van der Waals surface area contributed by atoms with Gasteiger partial charge in [0, 0.05) is 12.1 Å². The van der Waals surface area contributed by atoms with Gasteiger partial charge in [-0.05, 0) is 37.5 Å². The Kier molecular flexibility index (Phi) is 4.08. The van der Waals surface area contributed by atoms with Crippen LogP contribution in [-0.2, 0) is 4.79 Å². The third-order valence-electron chi connectivity index (χ3n) is 4.24. The van der Waals surface area contributed by atoms with E-state index in [1.165, 1.54) is 32.1 Å². The molecule has 2 aliphatic carbocycles. The summed E-state index contributed by atoms with van der Waals surface area (Å²) in [4.78, 5) is 11.8. The van der Waals surface area contributed by atoms with Crippen LogP contribution in [0.1, 0.15) is 58.8 Å². The number of hydrogen-bond acceptors (Lipinski definition) is 2. The summed E-state index contributed by atoms with van der Waals surface area (Å²) in [6.07, 6.45) is 8.61. The first kappa shape index (κ1) is 12.9. The van der Waals surface area contributed by atoms with Crippen molar-refractivity contribution in [2.45, 2.75) is 70.9 Å². The zero-order valence-electron chi connectivity index (χ0n) is 11.2. The zero-order chi connectivity index (χ0) is 12.3. The van der Waals surface area contributed by atoms with E-state index in [2.05, 4.69) is 24.5 Å². The molecule has 0 aromatic heterocycles. The van der Waals surface area contributed by atoms with E-state index in [9.17, 15) is 4.79 Å². The van der Waals surface area contributed by atoms with Crippen molar-refractivity contribution >= 4 is 5.91 Å². The van der Waals surface area contributed by atoms with E-state index in [0.717, 1.165) is 12.8 Å². The molecule has 0 heterocycles. The van der Waals surface area contributed by atoms with Gasteiger partial charge in [-0.15, -0.1) is 0 Å². The van der Waals surface area contributed by atoms with Gasteiger partial charge in [-0.3, -0.25) is 4.79 Å².